The summed E-state index contributed by atoms with van der Waals surface area (Å²) in [6.07, 6.45) is 4.20. The van der Waals surface area contributed by atoms with Gasteiger partial charge in [0.05, 0.1) is 12.4 Å². The lowest BCUT2D eigenvalue weighted by Crippen LogP contribution is -2.06. The lowest BCUT2D eigenvalue weighted by molar-refractivity contribution is 1.02. The van der Waals surface area contributed by atoms with Crippen molar-refractivity contribution in [2.24, 2.45) is 0 Å². The zero-order valence-corrected chi connectivity index (χ0v) is 9.00. The second-order valence-corrected chi connectivity index (χ2v) is 4.11. The molecule has 0 fully saturated rings. The SMILES string of the molecule is Nc1cnc(NCCc2cccs2)cn1. The lowest BCUT2D eigenvalue weighted by Gasteiger charge is -2.03. The first kappa shape index (κ1) is 9.92. The van der Waals surface area contributed by atoms with Crippen LogP contribution in [-0.4, -0.2) is 16.5 Å². The maximum atomic E-state index is 5.43. The fraction of sp³-hybridized carbons (Fsp3) is 0.200. The summed E-state index contributed by atoms with van der Waals surface area (Å²) < 4.78 is 0. The molecule has 0 radical (unpaired) electrons. The molecule has 0 aromatic carbocycles. The third-order valence-corrected chi connectivity index (χ3v) is 2.87. The monoisotopic (exact) mass is 220 g/mol. The number of thiophene rings is 1. The summed E-state index contributed by atoms with van der Waals surface area (Å²) in [5.41, 5.74) is 5.43. The number of anilines is 2. The van der Waals surface area contributed by atoms with Gasteiger partial charge in [-0.2, -0.15) is 0 Å². The van der Waals surface area contributed by atoms with Crippen LogP contribution in [0.25, 0.3) is 0 Å². The summed E-state index contributed by atoms with van der Waals surface area (Å²) in [5.74, 6) is 1.21. The first-order valence-electron chi connectivity index (χ1n) is 4.68. The van der Waals surface area contributed by atoms with Crippen molar-refractivity contribution in [2.75, 3.05) is 17.6 Å². The molecule has 78 valence electrons. The molecule has 0 aliphatic carbocycles. The van der Waals surface area contributed by atoms with E-state index in [0.717, 1.165) is 18.8 Å². The summed E-state index contributed by atoms with van der Waals surface area (Å²) >= 11 is 1.76. The molecule has 0 atom stereocenters. The molecule has 0 spiro atoms. The van der Waals surface area contributed by atoms with Gasteiger partial charge in [-0.05, 0) is 17.9 Å². The van der Waals surface area contributed by atoms with Crippen LogP contribution < -0.4 is 11.1 Å². The predicted molar refractivity (Wildman–Crippen MR) is 63.0 cm³/mol. The van der Waals surface area contributed by atoms with E-state index in [1.54, 1.807) is 23.7 Å². The number of aromatic nitrogens is 2. The topological polar surface area (TPSA) is 63.8 Å². The van der Waals surface area contributed by atoms with E-state index in [2.05, 4.69) is 32.8 Å². The molecule has 2 aromatic rings. The highest BCUT2D eigenvalue weighted by atomic mass is 32.1. The minimum absolute atomic E-state index is 0.443. The third-order valence-electron chi connectivity index (χ3n) is 1.93. The first-order valence-corrected chi connectivity index (χ1v) is 5.56. The van der Waals surface area contributed by atoms with E-state index in [1.165, 1.54) is 4.88 Å². The minimum Gasteiger partial charge on any atom is -0.382 e. The Hall–Kier alpha value is -1.62. The Balaban J connectivity index is 1.81. The van der Waals surface area contributed by atoms with Crippen LogP contribution in [0.4, 0.5) is 11.6 Å². The van der Waals surface area contributed by atoms with Crippen molar-refractivity contribution in [1.29, 1.82) is 0 Å². The Morgan fingerprint density at radius 1 is 1.33 bits per heavy atom. The normalized spacial score (nSPS) is 10.1. The van der Waals surface area contributed by atoms with Crippen LogP contribution in [0.15, 0.2) is 29.9 Å². The van der Waals surface area contributed by atoms with Gasteiger partial charge in [0.2, 0.25) is 0 Å². The largest absolute Gasteiger partial charge is 0.382 e. The summed E-state index contributed by atoms with van der Waals surface area (Å²) in [5, 5.41) is 5.27. The molecule has 3 N–H and O–H groups in total. The summed E-state index contributed by atoms with van der Waals surface area (Å²) in [6, 6.07) is 4.18. The van der Waals surface area contributed by atoms with E-state index < -0.39 is 0 Å². The molecule has 0 saturated heterocycles. The van der Waals surface area contributed by atoms with Crippen LogP contribution in [0, 0.1) is 0 Å². The highest BCUT2D eigenvalue weighted by Crippen LogP contribution is 2.09. The van der Waals surface area contributed by atoms with Crippen molar-refractivity contribution in [3.63, 3.8) is 0 Å². The number of hydrogen-bond donors (Lipinski definition) is 2. The maximum Gasteiger partial charge on any atom is 0.144 e. The van der Waals surface area contributed by atoms with Gasteiger partial charge in [-0.1, -0.05) is 6.07 Å². The molecule has 0 aliphatic heterocycles. The van der Waals surface area contributed by atoms with Crippen LogP contribution in [-0.2, 0) is 6.42 Å². The molecule has 2 aromatic heterocycles. The fourth-order valence-corrected chi connectivity index (χ4v) is 1.91. The van der Waals surface area contributed by atoms with Crippen molar-refractivity contribution in [1.82, 2.24) is 9.97 Å². The van der Waals surface area contributed by atoms with E-state index in [9.17, 15) is 0 Å². The molecule has 0 amide bonds. The van der Waals surface area contributed by atoms with Gasteiger partial charge in [-0.15, -0.1) is 11.3 Å². The highest BCUT2D eigenvalue weighted by Gasteiger charge is 1.95. The van der Waals surface area contributed by atoms with E-state index in [1.807, 2.05) is 0 Å². The Labute approximate surface area is 92.2 Å². The second kappa shape index (κ2) is 4.75. The highest BCUT2D eigenvalue weighted by molar-refractivity contribution is 7.09. The Bertz CT molecular complexity index is 396. The Kier molecular flexibility index (Phi) is 3.14. The van der Waals surface area contributed by atoms with Gasteiger partial charge in [0.25, 0.3) is 0 Å². The van der Waals surface area contributed by atoms with E-state index >= 15 is 0 Å². The van der Waals surface area contributed by atoms with Gasteiger partial charge >= 0.3 is 0 Å². The zero-order chi connectivity index (χ0) is 10.5. The number of nitrogens with two attached hydrogens (primary N) is 1. The molecule has 0 saturated carbocycles. The summed E-state index contributed by atoms with van der Waals surface area (Å²) in [4.78, 5) is 9.42. The van der Waals surface area contributed by atoms with Crippen LogP contribution >= 0.6 is 11.3 Å². The van der Waals surface area contributed by atoms with E-state index in [4.69, 9.17) is 5.73 Å². The molecule has 0 bridgehead atoms. The van der Waals surface area contributed by atoms with Gasteiger partial charge < -0.3 is 11.1 Å². The summed E-state index contributed by atoms with van der Waals surface area (Å²) in [7, 11) is 0. The first-order chi connectivity index (χ1) is 7.34. The second-order valence-electron chi connectivity index (χ2n) is 3.08. The molecule has 2 rings (SSSR count). The quantitative estimate of drug-likeness (QED) is 0.824. The number of nitrogen functional groups attached to an aromatic ring is 1. The third kappa shape index (κ3) is 2.92. The number of nitrogens with zero attached hydrogens (tertiary/aromatic N) is 2. The molecule has 15 heavy (non-hydrogen) atoms. The molecule has 0 aliphatic rings. The maximum absolute atomic E-state index is 5.43. The van der Waals surface area contributed by atoms with Gasteiger partial charge in [-0.3, -0.25) is 0 Å². The van der Waals surface area contributed by atoms with Gasteiger partial charge in [-0.25, -0.2) is 9.97 Å². The smallest absolute Gasteiger partial charge is 0.144 e. The molecule has 2 heterocycles. The van der Waals surface area contributed by atoms with Crippen molar-refractivity contribution in [3.05, 3.63) is 34.8 Å². The van der Waals surface area contributed by atoms with Crippen molar-refractivity contribution >= 4 is 23.0 Å². The van der Waals surface area contributed by atoms with E-state index in [-0.39, 0.29) is 0 Å². The summed E-state index contributed by atoms with van der Waals surface area (Å²) in [6.45, 7) is 0.860. The van der Waals surface area contributed by atoms with E-state index in [0.29, 0.717) is 5.82 Å². The molecule has 5 heteroatoms. The van der Waals surface area contributed by atoms with Gasteiger partial charge in [0, 0.05) is 11.4 Å². The predicted octanol–water partition coefficient (Wildman–Crippen LogP) is 1.77. The Morgan fingerprint density at radius 3 is 2.93 bits per heavy atom. The van der Waals surface area contributed by atoms with Gasteiger partial charge in [0.15, 0.2) is 0 Å². The van der Waals surface area contributed by atoms with Crippen LogP contribution in [0.1, 0.15) is 4.88 Å². The average Bonchev–Trinajstić information content (AvgIpc) is 2.74. The van der Waals surface area contributed by atoms with Crippen molar-refractivity contribution in [2.45, 2.75) is 6.42 Å². The zero-order valence-electron chi connectivity index (χ0n) is 8.18. The van der Waals surface area contributed by atoms with Crippen LogP contribution in [0.5, 0.6) is 0 Å². The number of nitrogens with one attached hydrogen (secondary N) is 1. The molecular formula is C10H12N4S. The van der Waals surface area contributed by atoms with Crippen molar-refractivity contribution < 1.29 is 0 Å². The molecule has 0 unspecified atom stereocenters. The molecule has 4 nitrogen and oxygen atoms in total. The Morgan fingerprint density at radius 2 is 2.27 bits per heavy atom. The van der Waals surface area contributed by atoms with Crippen LogP contribution in [0.3, 0.4) is 0 Å². The van der Waals surface area contributed by atoms with Gasteiger partial charge in [0.1, 0.15) is 11.6 Å². The average molecular weight is 220 g/mol. The fourth-order valence-electron chi connectivity index (χ4n) is 1.20. The standard InChI is InChI=1S/C10H12N4S/c11-9-6-14-10(7-13-9)12-4-3-8-2-1-5-15-8/h1-2,5-7H,3-4H2,(H2,11,13)(H,12,14). The number of hydrogen-bond acceptors (Lipinski definition) is 5. The minimum atomic E-state index is 0.443. The lowest BCUT2D eigenvalue weighted by atomic mass is 10.3. The van der Waals surface area contributed by atoms with Crippen molar-refractivity contribution in [3.8, 4) is 0 Å². The van der Waals surface area contributed by atoms with Crippen LogP contribution in [0.2, 0.25) is 0 Å². The number of rotatable bonds is 4. The molecular weight excluding hydrogens is 208 g/mol.